The first-order valence-electron chi connectivity index (χ1n) is 5.08. The van der Waals surface area contributed by atoms with E-state index in [1.165, 1.54) is 0 Å². The van der Waals surface area contributed by atoms with Crippen molar-refractivity contribution in [1.82, 2.24) is 0 Å². The summed E-state index contributed by atoms with van der Waals surface area (Å²) in [6.07, 6.45) is 0.0174. The molecule has 5 N–H and O–H groups in total. The summed E-state index contributed by atoms with van der Waals surface area (Å²) in [5, 5.41) is 3.21. The molecule has 1 aromatic carbocycles. The standard InChI is InChI=1S/C11H19N3O2/c1-15-7-9(16-2)6-14-8-3-4-10(12)11(13)5-8/h3-5,9,14H,6-7,12-13H2,1-2H3. The smallest absolute Gasteiger partial charge is 0.0976 e. The number of ether oxygens (including phenoxy) is 2. The Morgan fingerprint density at radius 1 is 1.25 bits per heavy atom. The van der Waals surface area contributed by atoms with Crippen molar-refractivity contribution in [1.29, 1.82) is 0 Å². The van der Waals surface area contributed by atoms with Gasteiger partial charge in [-0.15, -0.1) is 0 Å². The monoisotopic (exact) mass is 225 g/mol. The van der Waals surface area contributed by atoms with Gasteiger partial charge < -0.3 is 26.3 Å². The summed E-state index contributed by atoms with van der Waals surface area (Å²) in [7, 11) is 3.30. The van der Waals surface area contributed by atoms with E-state index in [2.05, 4.69) is 5.32 Å². The zero-order valence-corrected chi connectivity index (χ0v) is 9.69. The average Bonchev–Trinajstić information content (AvgIpc) is 2.28. The second kappa shape index (κ2) is 6.19. The Kier molecular flexibility index (Phi) is 4.88. The zero-order valence-electron chi connectivity index (χ0n) is 9.69. The van der Waals surface area contributed by atoms with Crippen LogP contribution in [0.4, 0.5) is 17.1 Å². The highest BCUT2D eigenvalue weighted by molar-refractivity contribution is 5.69. The van der Waals surface area contributed by atoms with Gasteiger partial charge in [0, 0.05) is 26.5 Å². The van der Waals surface area contributed by atoms with Crippen molar-refractivity contribution in [2.75, 3.05) is 44.2 Å². The number of rotatable bonds is 6. The molecular weight excluding hydrogens is 206 g/mol. The van der Waals surface area contributed by atoms with Crippen LogP contribution in [-0.2, 0) is 9.47 Å². The molecule has 16 heavy (non-hydrogen) atoms. The molecule has 1 aromatic rings. The maximum absolute atomic E-state index is 5.70. The van der Waals surface area contributed by atoms with E-state index in [0.29, 0.717) is 24.5 Å². The minimum absolute atomic E-state index is 0.0174. The van der Waals surface area contributed by atoms with E-state index < -0.39 is 0 Å². The van der Waals surface area contributed by atoms with Gasteiger partial charge in [-0.05, 0) is 18.2 Å². The van der Waals surface area contributed by atoms with Gasteiger partial charge in [-0.1, -0.05) is 0 Å². The van der Waals surface area contributed by atoms with Crippen molar-refractivity contribution < 1.29 is 9.47 Å². The molecule has 90 valence electrons. The molecule has 1 unspecified atom stereocenters. The lowest BCUT2D eigenvalue weighted by atomic mass is 10.2. The molecule has 0 aliphatic carbocycles. The predicted molar refractivity (Wildman–Crippen MR) is 66.4 cm³/mol. The van der Waals surface area contributed by atoms with Gasteiger partial charge in [0.05, 0.1) is 24.1 Å². The van der Waals surface area contributed by atoms with Crippen LogP contribution in [0, 0.1) is 0 Å². The number of nitrogen functional groups attached to an aromatic ring is 2. The average molecular weight is 225 g/mol. The fraction of sp³-hybridized carbons (Fsp3) is 0.455. The fourth-order valence-corrected chi connectivity index (χ4v) is 1.31. The quantitative estimate of drug-likeness (QED) is 0.627. The van der Waals surface area contributed by atoms with Crippen LogP contribution in [0.2, 0.25) is 0 Å². The first-order chi connectivity index (χ1) is 7.67. The third-order valence-corrected chi connectivity index (χ3v) is 2.31. The van der Waals surface area contributed by atoms with E-state index in [-0.39, 0.29) is 6.10 Å². The first kappa shape index (κ1) is 12.6. The second-order valence-corrected chi connectivity index (χ2v) is 3.54. The topological polar surface area (TPSA) is 82.5 Å². The molecule has 0 amide bonds. The number of hydrogen-bond donors (Lipinski definition) is 3. The molecule has 5 heteroatoms. The van der Waals surface area contributed by atoms with Crippen LogP contribution >= 0.6 is 0 Å². The van der Waals surface area contributed by atoms with Crippen LogP contribution in [0.1, 0.15) is 0 Å². The molecule has 0 bridgehead atoms. The van der Waals surface area contributed by atoms with E-state index in [9.17, 15) is 0 Å². The lowest BCUT2D eigenvalue weighted by molar-refractivity contribution is 0.0365. The summed E-state index contributed by atoms with van der Waals surface area (Å²) in [5.41, 5.74) is 13.4. The zero-order chi connectivity index (χ0) is 12.0. The minimum atomic E-state index is 0.0174. The minimum Gasteiger partial charge on any atom is -0.397 e. The highest BCUT2D eigenvalue weighted by Gasteiger charge is 2.06. The van der Waals surface area contributed by atoms with Crippen LogP contribution in [-0.4, -0.2) is 33.5 Å². The van der Waals surface area contributed by atoms with E-state index >= 15 is 0 Å². The molecule has 0 saturated heterocycles. The number of methoxy groups -OCH3 is 2. The van der Waals surface area contributed by atoms with Gasteiger partial charge in [0.25, 0.3) is 0 Å². The number of nitrogens with two attached hydrogens (primary N) is 2. The van der Waals surface area contributed by atoms with Crippen molar-refractivity contribution in [3.8, 4) is 0 Å². The van der Waals surface area contributed by atoms with Crippen molar-refractivity contribution in [3.05, 3.63) is 18.2 Å². The molecule has 5 nitrogen and oxygen atoms in total. The van der Waals surface area contributed by atoms with E-state index in [4.69, 9.17) is 20.9 Å². The summed E-state index contributed by atoms with van der Waals surface area (Å²) in [5.74, 6) is 0. The summed E-state index contributed by atoms with van der Waals surface area (Å²) in [6.45, 7) is 1.21. The maximum Gasteiger partial charge on any atom is 0.0976 e. The molecule has 0 aliphatic rings. The highest BCUT2D eigenvalue weighted by atomic mass is 16.5. The lowest BCUT2D eigenvalue weighted by Crippen LogP contribution is -2.26. The van der Waals surface area contributed by atoms with Crippen molar-refractivity contribution in [2.24, 2.45) is 0 Å². The normalized spacial score (nSPS) is 12.4. The summed E-state index contributed by atoms with van der Waals surface area (Å²) >= 11 is 0. The van der Waals surface area contributed by atoms with Crippen LogP contribution in [0.15, 0.2) is 18.2 Å². The van der Waals surface area contributed by atoms with Gasteiger partial charge in [-0.25, -0.2) is 0 Å². The first-order valence-corrected chi connectivity index (χ1v) is 5.08. The Morgan fingerprint density at radius 2 is 2.00 bits per heavy atom. The van der Waals surface area contributed by atoms with Gasteiger partial charge in [0.1, 0.15) is 0 Å². The van der Waals surface area contributed by atoms with Crippen molar-refractivity contribution in [3.63, 3.8) is 0 Å². The molecule has 1 rings (SSSR count). The van der Waals surface area contributed by atoms with Crippen LogP contribution in [0.3, 0.4) is 0 Å². The van der Waals surface area contributed by atoms with Crippen LogP contribution in [0.25, 0.3) is 0 Å². The molecule has 1 atom stereocenters. The Labute approximate surface area is 95.7 Å². The highest BCUT2D eigenvalue weighted by Crippen LogP contribution is 2.19. The Morgan fingerprint density at radius 3 is 2.56 bits per heavy atom. The molecule has 0 fully saturated rings. The molecule has 0 radical (unpaired) electrons. The Bertz CT molecular complexity index is 331. The Hall–Kier alpha value is -1.46. The van der Waals surface area contributed by atoms with Crippen LogP contribution < -0.4 is 16.8 Å². The van der Waals surface area contributed by atoms with E-state index in [1.807, 2.05) is 6.07 Å². The number of benzene rings is 1. The maximum atomic E-state index is 5.70. The Balaban J connectivity index is 2.50. The SMILES string of the molecule is COCC(CNc1ccc(N)c(N)c1)OC. The third-order valence-electron chi connectivity index (χ3n) is 2.31. The third kappa shape index (κ3) is 3.60. The predicted octanol–water partition coefficient (Wildman–Crippen LogP) is 0.924. The summed E-state index contributed by atoms with van der Waals surface area (Å²) in [4.78, 5) is 0. The molecule has 0 aliphatic heterocycles. The summed E-state index contributed by atoms with van der Waals surface area (Å²) in [6, 6.07) is 5.45. The van der Waals surface area contributed by atoms with Crippen molar-refractivity contribution >= 4 is 17.1 Å². The van der Waals surface area contributed by atoms with Gasteiger partial charge >= 0.3 is 0 Å². The number of anilines is 3. The van der Waals surface area contributed by atoms with E-state index in [1.54, 1.807) is 26.4 Å². The second-order valence-electron chi connectivity index (χ2n) is 3.54. The van der Waals surface area contributed by atoms with Gasteiger partial charge in [-0.2, -0.15) is 0 Å². The van der Waals surface area contributed by atoms with Gasteiger partial charge in [0.2, 0.25) is 0 Å². The van der Waals surface area contributed by atoms with E-state index in [0.717, 1.165) is 5.69 Å². The lowest BCUT2D eigenvalue weighted by Gasteiger charge is -2.16. The summed E-state index contributed by atoms with van der Waals surface area (Å²) < 4.78 is 10.2. The number of nitrogens with one attached hydrogen (secondary N) is 1. The van der Waals surface area contributed by atoms with Crippen molar-refractivity contribution in [2.45, 2.75) is 6.10 Å². The van der Waals surface area contributed by atoms with Gasteiger partial charge in [0.15, 0.2) is 0 Å². The molecule has 0 saturated carbocycles. The molecule has 0 aromatic heterocycles. The fourth-order valence-electron chi connectivity index (χ4n) is 1.31. The van der Waals surface area contributed by atoms with Gasteiger partial charge in [-0.3, -0.25) is 0 Å². The largest absolute Gasteiger partial charge is 0.397 e. The van der Waals surface area contributed by atoms with Crippen LogP contribution in [0.5, 0.6) is 0 Å². The molecule has 0 heterocycles. The molecule has 0 spiro atoms. The molecular formula is C11H19N3O2. The number of hydrogen-bond acceptors (Lipinski definition) is 5.